The summed E-state index contributed by atoms with van der Waals surface area (Å²) in [7, 11) is 0. The van der Waals surface area contributed by atoms with E-state index < -0.39 is 0 Å². The molecule has 0 N–H and O–H groups in total. The molecule has 4 nitrogen and oxygen atoms in total. The lowest BCUT2D eigenvalue weighted by atomic mass is 10.0. The number of nitrogens with zero attached hydrogens (tertiary/aromatic N) is 4. The van der Waals surface area contributed by atoms with Crippen molar-refractivity contribution in [1.29, 1.82) is 0 Å². The van der Waals surface area contributed by atoms with Crippen molar-refractivity contribution in [1.82, 2.24) is 0 Å². The van der Waals surface area contributed by atoms with E-state index in [4.69, 9.17) is 0 Å². The van der Waals surface area contributed by atoms with E-state index in [0.29, 0.717) is 0 Å². The van der Waals surface area contributed by atoms with Crippen LogP contribution in [0, 0.1) is 0 Å². The van der Waals surface area contributed by atoms with E-state index in [1.54, 1.807) is 0 Å². The third kappa shape index (κ3) is 15.3. The van der Waals surface area contributed by atoms with Gasteiger partial charge < -0.3 is 17.9 Å². The summed E-state index contributed by atoms with van der Waals surface area (Å²) in [5.41, 5.74) is 0. The number of hydrogen-bond acceptors (Lipinski definition) is 0. The Balaban J connectivity index is 0.957. The van der Waals surface area contributed by atoms with Crippen molar-refractivity contribution in [3.63, 3.8) is 0 Å². The molecular formula is C46H94N4+4. The van der Waals surface area contributed by atoms with Crippen LogP contribution in [0.1, 0.15) is 194 Å². The van der Waals surface area contributed by atoms with Gasteiger partial charge in [-0.15, -0.1) is 0 Å². The van der Waals surface area contributed by atoms with Crippen LogP contribution in [-0.2, 0) is 0 Å². The first-order valence-corrected chi connectivity index (χ1v) is 24.0. The number of piperazine rings is 6. The summed E-state index contributed by atoms with van der Waals surface area (Å²) in [5.74, 6) is 0. The molecule has 0 radical (unpaired) electrons. The van der Waals surface area contributed by atoms with Gasteiger partial charge in [0.2, 0.25) is 0 Å². The molecule has 0 aliphatic carbocycles. The molecule has 0 aromatic rings. The molecule has 50 heavy (non-hydrogen) atoms. The zero-order valence-electron chi connectivity index (χ0n) is 34.9. The summed E-state index contributed by atoms with van der Waals surface area (Å²) in [6, 6.07) is 0. The Labute approximate surface area is 315 Å². The average molecular weight is 703 g/mol. The highest BCUT2D eigenvalue weighted by molar-refractivity contribution is 4.66. The molecule has 6 aliphatic heterocycles. The summed E-state index contributed by atoms with van der Waals surface area (Å²) >= 11 is 0. The van der Waals surface area contributed by atoms with Gasteiger partial charge in [-0.25, -0.2) is 0 Å². The third-order valence-electron chi connectivity index (χ3n) is 15.3. The topological polar surface area (TPSA) is 0 Å². The minimum Gasteiger partial charge on any atom is -0.310 e. The van der Waals surface area contributed by atoms with Crippen molar-refractivity contribution in [2.45, 2.75) is 194 Å². The Bertz CT molecular complexity index is 723. The maximum atomic E-state index is 2.32. The van der Waals surface area contributed by atoms with E-state index in [1.165, 1.54) is 302 Å². The Kier molecular flexibility index (Phi) is 20.7. The first kappa shape index (κ1) is 42.6. The molecule has 0 saturated carbocycles. The second-order valence-corrected chi connectivity index (χ2v) is 19.1. The number of fused-ring (bicyclic) bond motifs is 6. The molecule has 0 spiro atoms. The van der Waals surface area contributed by atoms with E-state index in [2.05, 4.69) is 13.8 Å². The summed E-state index contributed by atoms with van der Waals surface area (Å²) in [6.07, 6.45) is 41.4. The van der Waals surface area contributed by atoms with Gasteiger partial charge in [-0.1, -0.05) is 168 Å². The van der Waals surface area contributed by atoms with Crippen LogP contribution in [-0.4, -0.2) is 123 Å². The number of unbranched alkanes of at least 4 members (excludes halogenated alkanes) is 26. The summed E-state index contributed by atoms with van der Waals surface area (Å²) in [6.45, 7) is 28.6. The summed E-state index contributed by atoms with van der Waals surface area (Å²) in [4.78, 5) is 0. The fraction of sp³-hybridized carbons (Fsp3) is 1.00. The van der Waals surface area contributed by atoms with Gasteiger partial charge in [0.25, 0.3) is 0 Å². The van der Waals surface area contributed by atoms with Gasteiger partial charge in [0.1, 0.15) is 91.6 Å². The lowest BCUT2D eigenvalue weighted by Crippen LogP contribution is -2.78. The fourth-order valence-electron chi connectivity index (χ4n) is 10.9. The molecule has 6 heterocycles. The van der Waals surface area contributed by atoms with E-state index in [1.807, 2.05) is 0 Å². The van der Waals surface area contributed by atoms with Crippen molar-refractivity contribution in [2.24, 2.45) is 0 Å². The normalized spacial score (nSPS) is 28.9. The number of rotatable bonds is 33. The van der Waals surface area contributed by atoms with Crippen LogP contribution in [0.5, 0.6) is 0 Å². The number of hydrogen-bond donors (Lipinski definition) is 0. The van der Waals surface area contributed by atoms with Crippen molar-refractivity contribution in [2.75, 3.05) is 105 Å². The summed E-state index contributed by atoms with van der Waals surface area (Å²) in [5, 5.41) is 0. The van der Waals surface area contributed by atoms with Crippen LogP contribution in [0.4, 0.5) is 0 Å². The third-order valence-corrected chi connectivity index (χ3v) is 15.3. The minimum absolute atomic E-state index is 1.37. The van der Waals surface area contributed by atoms with Gasteiger partial charge in [0.15, 0.2) is 0 Å². The molecule has 6 aliphatic rings. The predicted molar refractivity (Wildman–Crippen MR) is 220 cm³/mol. The van der Waals surface area contributed by atoms with Crippen molar-refractivity contribution in [3.05, 3.63) is 0 Å². The quantitative estimate of drug-likeness (QED) is 0.0472. The molecule has 4 bridgehead atoms. The first-order chi connectivity index (χ1) is 24.6. The van der Waals surface area contributed by atoms with Gasteiger partial charge in [-0.2, -0.15) is 0 Å². The maximum absolute atomic E-state index is 2.32. The van der Waals surface area contributed by atoms with Gasteiger partial charge >= 0.3 is 0 Å². The van der Waals surface area contributed by atoms with Gasteiger partial charge in [-0.05, 0) is 25.7 Å². The highest BCUT2D eigenvalue weighted by Crippen LogP contribution is 2.31. The lowest BCUT2D eigenvalue weighted by molar-refractivity contribution is -1.11. The Hall–Kier alpha value is -0.160. The second kappa shape index (κ2) is 24.3. The van der Waals surface area contributed by atoms with Crippen LogP contribution < -0.4 is 0 Å². The molecule has 0 aromatic carbocycles. The molecule has 0 amide bonds. The monoisotopic (exact) mass is 703 g/mol. The summed E-state index contributed by atoms with van der Waals surface area (Å²) < 4.78 is 5.99. The second-order valence-electron chi connectivity index (χ2n) is 19.1. The van der Waals surface area contributed by atoms with Gasteiger partial charge in [0.05, 0.1) is 13.1 Å². The van der Waals surface area contributed by atoms with Gasteiger partial charge in [0, 0.05) is 0 Å². The Morgan fingerprint density at radius 3 is 0.560 bits per heavy atom. The highest BCUT2D eigenvalue weighted by Gasteiger charge is 2.52. The molecule has 294 valence electrons. The SMILES string of the molecule is CCCCCCCCCCCCCCCC[N+]12CC[N+](CC[N+]34CC[N+](CCCCCCCCCCCCCCCC)(CC3)CC4)(CC1)CC2. The number of quaternary nitrogens is 4. The van der Waals surface area contributed by atoms with Crippen LogP contribution in [0.2, 0.25) is 0 Å². The molecule has 0 unspecified atom stereocenters. The van der Waals surface area contributed by atoms with Crippen molar-refractivity contribution in [3.8, 4) is 0 Å². The fourth-order valence-corrected chi connectivity index (χ4v) is 10.9. The van der Waals surface area contributed by atoms with E-state index >= 15 is 0 Å². The predicted octanol–water partition coefficient (Wildman–Crippen LogP) is 11.3. The average Bonchev–Trinajstić information content (AvgIpc) is 3.16. The largest absolute Gasteiger partial charge is 0.310 e. The highest BCUT2D eigenvalue weighted by atomic mass is 15.6. The van der Waals surface area contributed by atoms with Crippen molar-refractivity contribution < 1.29 is 17.9 Å². The minimum atomic E-state index is 1.37. The van der Waals surface area contributed by atoms with Crippen LogP contribution in [0.15, 0.2) is 0 Å². The molecule has 6 rings (SSSR count). The van der Waals surface area contributed by atoms with E-state index in [9.17, 15) is 0 Å². The maximum Gasteiger partial charge on any atom is 0.129 e. The Morgan fingerprint density at radius 1 is 0.200 bits per heavy atom. The molecule has 4 heteroatoms. The molecule has 0 atom stereocenters. The first-order valence-electron chi connectivity index (χ1n) is 24.0. The standard InChI is InChI=1S/C46H94N4/c1-3-5-7-9-11-13-15-17-19-21-23-25-27-29-31-47-33-39-49(40-34-47,41-35-47)45-46-50-42-36-48(37-43-50,38-44-50)32-30-28-26-24-22-20-18-16-14-12-10-8-6-4-2/h3-46H2,1-2H3/q+4. The van der Waals surface area contributed by atoms with E-state index in [0.717, 1.165) is 0 Å². The van der Waals surface area contributed by atoms with Crippen LogP contribution in [0.25, 0.3) is 0 Å². The molecule has 0 aromatic heterocycles. The lowest BCUT2D eigenvalue weighted by Gasteiger charge is -2.58. The van der Waals surface area contributed by atoms with Gasteiger partial charge in [-0.3, -0.25) is 0 Å². The zero-order chi connectivity index (χ0) is 35.1. The van der Waals surface area contributed by atoms with Crippen LogP contribution >= 0.6 is 0 Å². The molecular weight excluding hydrogens is 609 g/mol. The molecule has 6 fully saturated rings. The Morgan fingerprint density at radius 2 is 0.360 bits per heavy atom. The van der Waals surface area contributed by atoms with Crippen molar-refractivity contribution >= 4 is 0 Å². The van der Waals surface area contributed by atoms with E-state index in [-0.39, 0.29) is 0 Å². The zero-order valence-corrected chi connectivity index (χ0v) is 34.9. The van der Waals surface area contributed by atoms with Crippen LogP contribution in [0.3, 0.4) is 0 Å². The smallest absolute Gasteiger partial charge is 0.129 e. The molecule has 6 saturated heterocycles.